The first kappa shape index (κ1) is 13.6. The Morgan fingerprint density at radius 2 is 1.81 bits per heavy atom. The molecule has 1 heterocycles. The molecule has 21 heavy (non-hydrogen) atoms. The highest BCUT2D eigenvalue weighted by atomic mass is 79.9. The van der Waals surface area contributed by atoms with E-state index in [1.165, 1.54) is 18.5 Å². The van der Waals surface area contributed by atoms with Gasteiger partial charge in [0.15, 0.2) is 5.43 Å². The molecule has 3 aromatic rings. The van der Waals surface area contributed by atoms with Crippen LogP contribution in [0.4, 0.5) is 5.69 Å². The van der Waals surface area contributed by atoms with Gasteiger partial charge in [-0.1, -0.05) is 28.1 Å². The number of benzene rings is 2. The van der Waals surface area contributed by atoms with E-state index in [9.17, 15) is 9.59 Å². The number of aromatic amines is 1. The zero-order valence-electron chi connectivity index (χ0n) is 10.9. The Balaban J connectivity index is 1.91. The molecule has 0 bridgehead atoms. The maximum Gasteiger partial charge on any atom is 0.261 e. The zero-order chi connectivity index (χ0) is 14.8. The minimum absolute atomic E-state index is 0.0911. The second-order valence-electron chi connectivity index (χ2n) is 4.58. The second kappa shape index (κ2) is 5.54. The Hall–Kier alpha value is -2.40. The number of carbonyl (C=O) groups is 1. The van der Waals surface area contributed by atoms with Crippen molar-refractivity contribution in [3.8, 4) is 0 Å². The Labute approximate surface area is 128 Å². The van der Waals surface area contributed by atoms with Gasteiger partial charge in [-0.2, -0.15) is 0 Å². The van der Waals surface area contributed by atoms with Gasteiger partial charge in [-0.15, -0.1) is 0 Å². The van der Waals surface area contributed by atoms with Crippen LogP contribution in [-0.2, 0) is 0 Å². The van der Waals surface area contributed by atoms with E-state index >= 15 is 0 Å². The topological polar surface area (TPSA) is 62.0 Å². The molecule has 104 valence electrons. The summed E-state index contributed by atoms with van der Waals surface area (Å²) in [5, 5.41) is 4.82. The molecule has 0 unspecified atom stereocenters. The fraction of sp³-hybridized carbons (Fsp3) is 0. The summed E-state index contributed by atoms with van der Waals surface area (Å²) in [5.41, 5.74) is 0.433. The number of hydrogen-bond acceptors (Lipinski definition) is 2. The van der Waals surface area contributed by atoms with Crippen molar-refractivity contribution in [1.29, 1.82) is 0 Å². The number of hydrogen-bond donors (Lipinski definition) is 2. The normalized spacial score (nSPS) is 10.5. The van der Waals surface area contributed by atoms with E-state index in [2.05, 4.69) is 26.2 Å². The van der Waals surface area contributed by atoms with E-state index in [1.54, 1.807) is 0 Å². The molecule has 3 rings (SSSR count). The minimum Gasteiger partial charge on any atom is -0.367 e. The fourth-order valence-corrected chi connectivity index (χ4v) is 2.47. The summed E-state index contributed by atoms with van der Waals surface area (Å²) in [4.78, 5) is 26.4. The molecule has 0 saturated heterocycles. The molecule has 0 saturated carbocycles. The van der Waals surface area contributed by atoms with Crippen LogP contribution >= 0.6 is 15.9 Å². The molecule has 0 aliphatic rings. The highest BCUT2D eigenvalue weighted by Crippen LogP contribution is 2.23. The number of aromatic nitrogens is 1. The molecular formula is C16H11BrN2O2. The van der Waals surface area contributed by atoms with Crippen molar-refractivity contribution >= 4 is 38.3 Å². The fourth-order valence-electron chi connectivity index (χ4n) is 2.09. The van der Waals surface area contributed by atoms with Crippen LogP contribution in [0.2, 0.25) is 0 Å². The van der Waals surface area contributed by atoms with Crippen LogP contribution < -0.4 is 10.7 Å². The van der Waals surface area contributed by atoms with Crippen molar-refractivity contribution in [3.05, 3.63) is 75.1 Å². The minimum atomic E-state index is -0.423. The van der Waals surface area contributed by atoms with Gasteiger partial charge in [0.2, 0.25) is 0 Å². The maximum atomic E-state index is 12.1. The van der Waals surface area contributed by atoms with Gasteiger partial charge in [-0.05, 0) is 35.0 Å². The summed E-state index contributed by atoms with van der Waals surface area (Å²) < 4.78 is 1.00. The molecule has 0 aliphatic carbocycles. The van der Waals surface area contributed by atoms with E-state index < -0.39 is 5.91 Å². The third-order valence-corrected chi connectivity index (χ3v) is 3.62. The number of amides is 1. The van der Waals surface area contributed by atoms with Crippen molar-refractivity contribution in [1.82, 2.24) is 4.98 Å². The lowest BCUT2D eigenvalue weighted by molar-refractivity contribution is 0.102. The lowest BCUT2D eigenvalue weighted by atomic mass is 10.1. The smallest absolute Gasteiger partial charge is 0.261 e. The summed E-state index contributed by atoms with van der Waals surface area (Å²) >= 11 is 3.42. The highest BCUT2D eigenvalue weighted by Gasteiger charge is 2.09. The summed E-state index contributed by atoms with van der Waals surface area (Å²) in [6, 6.07) is 12.8. The van der Waals surface area contributed by atoms with Crippen molar-refractivity contribution in [2.45, 2.75) is 0 Å². The second-order valence-corrected chi connectivity index (χ2v) is 5.50. The van der Waals surface area contributed by atoms with Gasteiger partial charge in [0.1, 0.15) is 5.56 Å². The molecule has 4 nitrogen and oxygen atoms in total. The van der Waals surface area contributed by atoms with Crippen molar-refractivity contribution in [2.75, 3.05) is 5.32 Å². The number of H-pyrrole nitrogens is 1. The Bertz CT molecular complexity index is 887. The maximum absolute atomic E-state index is 12.1. The van der Waals surface area contributed by atoms with Gasteiger partial charge in [-0.3, -0.25) is 9.59 Å². The monoisotopic (exact) mass is 342 g/mol. The summed E-state index contributed by atoms with van der Waals surface area (Å²) in [7, 11) is 0. The molecular weight excluding hydrogens is 332 g/mol. The largest absolute Gasteiger partial charge is 0.367 e. The summed E-state index contributed by atoms with van der Waals surface area (Å²) in [6.07, 6.45) is 2.89. The van der Waals surface area contributed by atoms with Crippen molar-refractivity contribution in [3.63, 3.8) is 0 Å². The molecule has 0 spiro atoms. The molecule has 1 amide bonds. The number of carbonyl (C=O) groups excluding carboxylic acids is 1. The third-order valence-electron chi connectivity index (χ3n) is 3.13. The average Bonchev–Trinajstić information content (AvgIpc) is 2.48. The van der Waals surface area contributed by atoms with Crippen LogP contribution in [0.3, 0.4) is 0 Å². The van der Waals surface area contributed by atoms with Crippen LogP contribution in [0.1, 0.15) is 10.4 Å². The summed E-state index contributed by atoms with van der Waals surface area (Å²) in [6.45, 7) is 0. The van der Waals surface area contributed by atoms with E-state index in [0.717, 1.165) is 15.2 Å². The lowest BCUT2D eigenvalue weighted by Crippen LogP contribution is -2.20. The molecule has 2 N–H and O–H groups in total. The van der Waals surface area contributed by atoms with Crippen LogP contribution in [0.25, 0.3) is 10.8 Å². The molecule has 0 aliphatic heterocycles. The Kier molecular flexibility index (Phi) is 3.58. The molecule has 5 heteroatoms. The third kappa shape index (κ3) is 2.87. The van der Waals surface area contributed by atoms with E-state index in [0.29, 0.717) is 5.69 Å². The first-order valence-electron chi connectivity index (χ1n) is 6.31. The summed E-state index contributed by atoms with van der Waals surface area (Å²) in [5.74, 6) is -0.423. The Morgan fingerprint density at radius 3 is 2.62 bits per heavy atom. The van der Waals surface area contributed by atoms with Crippen molar-refractivity contribution in [2.24, 2.45) is 0 Å². The van der Waals surface area contributed by atoms with E-state index in [1.807, 2.05) is 36.4 Å². The lowest BCUT2D eigenvalue weighted by Gasteiger charge is -2.06. The zero-order valence-corrected chi connectivity index (χ0v) is 12.5. The van der Waals surface area contributed by atoms with Gasteiger partial charge < -0.3 is 10.3 Å². The number of fused-ring (bicyclic) bond motifs is 1. The first-order valence-corrected chi connectivity index (χ1v) is 7.10. The standard InChI is InChI=1S/C16H11BrN2O2/c17-12-3-1-11-8-13(4-2-10(11)7-12)19-16(21)14-9-18-6-5-15(14)20/h1-9H,(H,18,20)(H,19,21). The van der Waals surface area contributed by atoms with Crippen LogP contribution in [-0.4, -0.2) is 10.9 Å². The number of pyridine rings is 1. The van der Waals surface area contributed by atoms with Gasteiger partial charge in [0.25, 0.3) is 5.91 Å². The predicted molar refractivity (Wildman–Crippen MR) is 86.7 cm³/mol. The number of anilines is 1. The van der Waals surface area contributed by atoms with Crippen LogP contribution in [0.5, 0.6) is 0 Å². The van der Waals surface area contributed by atoms with Crippen LogP contribution in [0, 0.1) is 0 Å². The quantitative estimate of drug-likeness (QED) is 0.748. The van der Waals surface area contributed by atoms with Gasteiger partial charge in [0, 0.05) is 28.6 Å². The molecule has 0 atom stereocenters. The number of halogens is 1. The predicted octanol–water partition coefficient (Wildman–Crippen LogP) is 3.54. The highest BCUT2D eigenvalue weighted by molar-refractivity contribution is 9.10. The Morgan fingerprint density at radius 1 is 1.05 bits per heavy atom. The SMILES string of the molecule is O=C(Nc1ccc2cc(Br)ccc2c1)c1c[nH]ccc1=O. The molecule has 1 aromatic heterocycles. The number of nitrogens with one attached hydrogen (secondary N) is 2. The van der Waals surface area contributed by atoms with Gasteiger partial charge in [-0.25, -0.2) is 0 Å². The van der Waals surface area contributed by atoms with E-state index in [4.69, 9.17) is 0 Å². The van der Waals surface area contributed by atoms with Gasteiger partial charge >= 0.3 is 0 Å². The van der Waals surface area contributed by atoms with Gasteiger partial charge in [0.05, 0.1) is 0 Å². The van der Waals surface area contributed by atoms with Crippen molar-refractivity contribution < 1.29 is 4.79 Å². The van der Waals surface area contributed by atoms with E-state index in [-0.39, 0.29) is 11.0 Å². The number of rotatable bonds is 2. The first-order chi connectivity index (χ1) is 10.1. The average molecular weight is 343 g/mol. The molecule has 0 radical (unpaired) electrons. The molecule has 2 aromatic carbocycles. The molecule has 0 fully saturated rings. The van der Waals surface area contributed by atoms with Crippen LogP contribution in [0.15, 0.2) is 64.1 Å².